The SMILES string of the molecule is CN(C)C(=O)[C@@H](Sc1nnc2sc3ccccc3n12)c1ccccc1. The van der Waals surface area contributed by atoms with Crippen molar-refractivity contribution in [3.8, 4) is 0 Å². The summed E-state index contributed by atoms with van der Waals surface area (Å²) in [4.78, 5) is 15.2. The Bertz CT molecular complexity index is 1040. The highest BCUT2D eigenvalue weighted by molar-refractivity contribution is 8.00. The zero-order valence-corrected chi connectivity index (χ0v) is 15.4. The number of hydrogen-bond acceptors (Lipinski definition) is 5. The quantitative estimate of drug-likeness (QED) is 0.513. The van der Waals surface area contributed by atoms with Crippen LogP contribution in [0.2, 0.25) is 0 Å². The molecule has 0 spiro atoms. The second-order valence-electron chi connectivity index (χ2n) is 5.81. The number of likely N-dealkylation sites (N-methyl/N-ethyl adjacent to an activating group) is 1. The number of thioether (sulfide) groups is 1. The summed E-state index contributed by atoms with van der Waals surface area (Å²) in [5, 5.41) is 8.99. The number of thiazole rings is 1. The van der Waals surface area contributed by atoms with E-state index in [4.69, 9.17) is 0 Å². The molecule has 25 heavy (non-hydrogen) atoms. The molecule has 0 fully saturated rings. The number of fused-ring (bicyclic) bond motifs is 3. The van der Waals surface area contributed by atoms with Crippen molar-refractivity contribution < 1.29 is 4.79 Å². The molecule has 2 aromatic heterocycles. The molecule has 0 aliphatic carbocycles. The topological polar surface area (TPSA) is 50.5 Å². The minimum atomic E-state index is -0.359. The maximum atomic E-state index is 12.8. The number of amides is 1. The molecular weight excluding hydrogens is 352 g/mol. The highest BCUT2D eigenvalue weighted by Gasteiger charge is 2.26. The van der Waals surface area contributed by atoms with Gasteiger partial charge in [0.25, 0.3) is 0 Å². The first-order chi connectivity index (χ1) is 12.1. The second kappa shape index (κ2) is 6.50. The lowest BCUT2D eigenvalue weighted by molar-refractivity contribution is -0.128. The normalized spacial score (nSPS) is 12.6. The van der Waals surface area contributed by atoms with Crippen molar-refractivity contribution in [3.63, 3.8) is 0 Å². The Labute approximate surface area is 153 Å². The number of benzene rings is 2. The van der Waals surface area contributed by atoms with Crippen LogP contribution in [-0.2, 0) is 4.79 Å². The number of carbonyl (C=O) groups excluding carboxylic acids is 1. The van der Waals surface area contributed by atoms with Crippen LogP contribution in [0.15, 0.2) is 59.8 Å². The van der Waals surface area contributed by atoms with Gasteiger partial charge in [-0.15, -0.1) is 10.2 Å². The van der Waals surface area contributed by atoms with E-state index in [0.717, 1.165) is 25.9 Å². The molecule has 2 aromatic carbocycles. The molecule has 2 heterocycles. The van der Waals surface area contributed by atoms with E-state index in [1.165, 1.54) is 11.8 Å². The number of hydrogen-bond donors (Lipinski definition) is 0. The Hall–Kier alpha value is -2.38. The summed E-state index contributed by atoms with van der Waals surface area (Å²) in [6.45, 7) is 0. The van der Waals surface area contributed by atoms with Gasteiger partial charge in [-0.3, -0.25) is 9.20 Å². The third-order valence-electron chi connectivity index (χ3n) is 3.90. The Morgan fingerprint density at radius 3 is 2.56 bits per heavy atom. The average molecular weight is 368 g/mol. The number of rotatable bonds is 4. The molecule has 0 aliphatic heterocycles. The molecule has 1 amide bonds. The Morgan fingerprint density at radius 1 is 1.08 bits per heavy atom. The van der Waals surface area contributed by atoms with Crippen LogP contribution < -0.4 is 0 Å². The first-order valence-corrected chi connectivity index (χ1v) is 9.50. The zero-order chi connectivity index (χ0) is 17.4. The Kier molecular flexibility index (Phi) is 4.19. The van der Waals surface area contributed by atoms with Crippen LogP contribution in [-0.4, -0.2) is 39.5 Å². The fourth-order valence-electron chi connectivity index (χ4n) is 2.66. The van der Waals surface area contributed by atoms with Crippen molar-refractivity contribution in [2.45, 2.75) is 10.4 Å². The minimum absolute atomic E-state index is 0.0347. The van der Waals surface area contributed by atoms with E-state index in [2.05, 4.69) is 22.3 Å². The molecule has 0 saturated heterocycles. The minimum Gasteiger partial charge on any atom is -0.348 e. The van der Waals surface area contributed by atoms with E-state index in [9.17, 15) is 4.79 Å². The van der Waals surface area contributed by atoms with Crippen molar-refractivity contribution in [2.75, 3.05) is 14.1 Å². The van der Waals surface area contributed by atoms with Crippen molar-refractivity contribution >= 4 is 44.2 Å². The highest BCUT2D eigenvalue weighted by Crippen LogP contribution is 2.38. The van der Waals surface area contributed by atoms with Gasteiger partial charge in [0.2, 0.25) is 10.9 Å². The fraction of sp³-hybridized carbons (Fsp3) is 0.167. The van der Waals surface area contributed by atoms with Gasteiger partial charge in [-0.2, -0.15) is 0 Å². The van der Waals surface area contributed by atoms with Crippen molar-refractivity contribution in [2.24, 2.45) is 0 Å². The molecule has 0 unspecified atom stereocenters. The largest absolute Gasteiger partial charge is 0.348 e. The summed E-state index contributed by atoms with van der Waals surface area (Å²) in [7, 11) is 3.55. The van der Waals surface area contributed by atoms with Gasteiger partial charge in [0.15, 0.2) is 5.16 Å². The van der Waals surface area contributed by atoms with E-state index in [-0.39, 0.29) is 11.2 Å². The van der Waals surface area contributed by atoms with E-state index in [1.807, 2.05) is 46.9 Å². The predicted octanol–water partition coefficient (Wildman–Crippen LogP) is 3.87. The van der Waals surface area contributed by atoms with Gasteiger partial charge in [-0.05, 0) is 17.7 Å². The first kappa shape index (κ1) is 16.1. The number of aromatic nitrogens is 3. The molecule has 4 aromatic rings. The maximum Gasteiger partial charge on any atom is 0.240 e. The molecule has 0 saturated carbocycles. The van der Waals surface area contributed by atoms with E-state index < -0.39 is 0 Å². The lowest BCUT2D eigenvalue weighted by atomic mass is 10.1. The third-order valence-corrected chi connectivity index (χ3v) is 6.10. The Morgan fingerprint density at radius 2 is 1.80 bits per heavy atom. The van der Waals surface area contributed by atoms with Crippen LogP contribution in [0.1, 0.15) is 10.8 Å². The summed E-state index contributed by atoms with van der Waals surface area (Å²) in [5.41, 5.74) is 2.03. The average Bonchev–Trinajstić information content (AvgIpc) is 3.19. The van der Waals surface area contributed by atoms with Gasteiger partial charge in [-0.1, -0.05) is 65.6 Å². The second-order valence-corrected chi connectivity index (χ2v) is 7.89. The Balaban J connectivity index is 1.80. The van der Waals surface area contributed by atoms with E-state index in [1.54, 1.807) is 30.3 Å². The van der Waals surface area contributed by atoms with Gasteiger partial charge in [-0.25, -0.2) is 0 Å². The molecule has 0 bridgehead atoms. The van der Waals surface area contributed by atoms with E-state index >= 15 is 0 Å². The van der Waals surface area contributed by atoms with Crippen LogP contribution in [0.25, 0.3) is 15.2 Å². The first-order valence-electron chi connectivity index (χ1n) is 7.80. The summed E-state index contributed by atoms with van der Waals surface area (Å²) < 4.78 is 3.19. The molecule has 1 atom stereocenters. The molecular formula is C18H16N4OS2. The molecule has 0 aliphatic rings. The van der Waals surface area contributed by atoms with Crippen LogP contribution in [0.5, 0.6) is 0 Å². The van der Waals surface area contributed by atoms with Crippen molar-refractivity contribution in [1.82, 2.24) is 19.5 Å². The smallest absolute Gasteiger partial charge is 0.240 e. The number of nitrogens with zero attached hydrogens (tertiary/aromatic N) is 4. The van der Waals surface area contributed by atoms with Crippen LogP contribution in [0.3, 0.4) is 0 Å². The van der Waals surface area contributed by atoms with Gasteiger partial charge in [0.1, 0.15) is 5.25 Å². The third kappa shape index (κ3) is 2.89. The summed E-state index contributed by atoms with van der Waals surface area (Å²) in [6.07, 6.45) is 0. The summed E-state index contributed by atoms with van der Waals surface area (Å²) in [6, 6.07) is 17.9. The molecule has 4 rings (SSSR count). The number of para-hydroxylation sites is 1. The highest BCUT2D eigenvalue weighted by atomic mass is 32.2. The standard InChI is InChI=1S/C18H16N4OS2/c1-21(2)16(23)15(12-8-4-3-5-9-12)25-18-20-19-17-22(18)13-10-6-7-11-14(13)24-17/h3-11,15H,1-2H3/t15-/m0/s1. The van der Waals surface area contributed by atoms with E-state index in [0.29, 0.717) is 0 Å². The van der Waals surface area contributed by atoms with Crippen LogP contribution >= 0.6 is 23.1 Å². The maximum absolute atomic E-state index is 12.8. The fourth-order valence-corrected chi connectivity index (χ4v) is 4.88. The number of carbonyl (C=O) groups is 1. The monoisotopic (exact) mass is 368 g/mol. The van der Waals surface area contributed by atoms with Crippen molar-refractivity contribution in [1.29, 1.82) is 0 Å². The molecule has 0 radical (unpaired) electrons. The molecule has 7 heteroatoms. The van der Waals surface area contributed by atoms with Crippen LogP contribution in [0.4, 0.5) is 0 Å². The van der Waals surface area contributed by atoms with Gasteiger partial charge in [0, 0.05) is 14.1 Å². The zero-order valence-electron chi connectivity index (χ0n) is 13.8. The van der Waals surface area contributed by atoms with Crippen LogP contribution in [0, 0.1) is 0 Å². The summed E-state index contributed by atoms with van der Waals surface area (Å²) >= 11 is 3.04. The molecule has 5 nitrogen and oxygen atoms in total. The van der Waals surface area contributed by atoms with Gasteiger partial charge >= 0.3 is 0 Å². The molecule has 0 N–H and O–H groups in total. The summed E-state index contributed by atoms with van der Waals surface area (Å²) in [5.74, 6) is 0.0347. The lowest BCUT2D eigenvalue weighted by Gasteiger charge is -2.19. The van der Waals surface area contributed by atoms with Gasteiger partial charge in [0.05, 0.1) is 10.2 Å². The molecule has 126 valence electrons. The predicted molar refractivity (Wildman–Crippen MR) is 102 cm³/mol. The lowest BCUT2D eigenvalue weighted by Crippen LogP contribution is -2.26. The van der Waals surface area contributed by atoms with Crippen molar-refractivity contribution in [3.05, 3.63) is 60.2 Å². The van der Waals surface area contributed by atoms with Gasteiger partial charge < -0.3 is 4.90 Å².